The molecule has 2 heterocycles. The quantitative estimate of drug-likeness (QED) is 0.885. The van der Waals surface area contributed by atoms with Crippen LogP contribution in [0.2, 0.25) is 0 Å². The van der Waals surface area contributed by atoms with Gasteiger partial charge in [0.2, 0.25) is 0 Å². The first-order valence-corrected chi connectivity index (χ1v) is 7.57. The molecule has 2 rings (SSSR count). The van der Waals surface area contributed by atoms with E-state index >= 15 is 0 Å². The average Bonchev–Trinajstić information content (AvgIpc) is 2.57. The van der Waals surface area contributed by atoms with Crippen LogP contribution in [0.15, 0.2) is 6.07 Å². The second-order valence-corrected chi connectivity index (χ2v) is 5.92. The summed E-state index contributed by atoms with van der Waals surface area (Å²) in [5.74, 6) is 2.65. The highest BCUT2D eigenvalue weighted by Gasteiger charge is 2.25. The normalized spacial score (nSPS) is 23.5. The first-order chi connectivity index (χ1) is 9.50. The van der Waals surface area contributed by atoms with Gasteiger partial charge >= 0.3 is 0 Å². The minimum atomic E-state index is -0.542. The number of nitrogens with one attached hydrogen (secondary N) is 1. The number of nitrogens with zero attached hydrogens (tertiary/aromatic N) is 3. The van der Waals surface area contributed by atoms with Gasteiger partial charge in [0.25, 0.3) is 0 Å². The summed E-state index contributed by atoms with van der Waals surface area (Å²) in [6.45, 7) is 8.70. The smallest absolute Gasteiger partial charge is 0.134 e. The minimum absolute atomic E-state index is 0.542. The van der Waals surface area contributed by atoms with Gasteiger partial charge in [0, 0.05) is 25.7 Å². The van der Waals surface area contributed by atoms with Crippen LogP contribution >= 0.6 is 0 Å². The molecule has 0 bridgehead atoms. The van der Waals surface area contributed by atoms with Crippen molar-refractivity contribution in [3.05, 3.63) is 11.9 Å². The molecule has 0 spiro atoms. The summed E-state index contributed by atoms with van der Waals surface area (Å²) in [5.41, 5.74) is -0.542. The molecule has 1 fully saturated rings. The molecular weight excluding hydrogens is 252 g/mol. The maximum atomic E-state index is 10.2. The van der Waals surface area contributed by atoms with E-state index in [1.807, 2.05) is 19.9 Å². The molecule has 1 unspecified atom stereocenters. The van der Waals surface area contributed by atoms with Crippen LogP contribution in [0.5, 0.6) is 0 Å². The van der Waals surface area contributed by atoms with Crippen molar-refractivity contribution in [2.24, 2.45) is 0 Å². The van der Waals surface area contributed by atoms with Crippen LogP contribution in [0.3, 0.4) is 0 Å². The van der Waals surface area contributed by atoms with Crippen LogP contribution in [0, 0.1) is 6.92 Å². The number of anilines is 2. The summed E-state index contributed by atoms with van der Waals surface area (Å²) >= 11 is 0. The summed E-state index contributed by atoms with van der Waals surface area (Å²) in [6, 6.07) is 2.02. The highest BCUT2D eigenvalue weighted by molar-refractivity contribution is 5.49. The van der Waals surface area contributed by atoms with Crippen molar-refractivity contribution < 1.29 is 5.11 Å². The Kier molecular flexibility index (Phi) is 4.81. The van der Waals surface area contributed by atoms with Gasteiger partial charge in [-0.3, -0.25) is 0 Å². The van der Waals surface area contributed by atoms with Gasteiger partial charge in [-0.2, -0.15) is 0 Å². The van der Waals surface area contributed by atoms with Crippen LogP contribution in [0.4, 0.5) is 11.6 Å². The molecule has 0 amide bonds. The number of aromatic nitrogens is 2. The standard InChI is InChI=1S/C15H26N4O/c1-4-8-16-13-11-14(18-12(2)17-13)19-9-5-6-15(3,20)7-10-19/h11,20H,4-10H2,1-3H3,(H,16,17,18). The number of hydrogen-bond acceptors (Lipinski definition) is 5. The Bertz CT molecular complexity index is 447. The van der Waals surface area contributed by atoms with Crippen LogP contribution in [0.25, 0.3) is 0 Å². The van der Waals surface area contributed by atoms with Crippen LogP contribution in [-0.4, -0.2) is 40.3 Å². The molecule has 0 aliphatic carbocycles. The van der Waals surface area contributed by atoms with Crippen LogP contribution < -0.4 is 10.2 Å². The Morgan fingerprint density at radius 3 is 2.90 bits per heavy atom. The summed E-state index contributed by atoms with van der Waals surface area (Å²) in [6.07, 6.45) is 3.71. The monoisotopic (exact) mass is 278 g/mol. The molecule has 112 valence electrons. The van der Waals surface area contributed by atoms with E-state index in [1.54, 1.807) is 0 Å². The molecular formula is C15H26N4O. The van der Waals surface area contributed by atoms with Gasteiger partial charge < -0.3 is 15.3 Å². The largest absolute Gasteiger partial charge is 0.390 e. The third-order valence-electron chi connectivity index (χ3n) is 3.77. The molecule has 1 aliphatic rings. The molecule has 5 heteroatoms. The van der Waals surface area contributed by atoms with Crippen LogP contribution in [-0.2, 0) is 0 Å². The Hall–Kier alpha value is -1.36. The number of hydrogen-bond donors (Lipinski definition) is 2. The zero-order chi connectivity index (χ0) is 14.6. The lowest BCUT2D eigenvalue weighted by atomic mass is 9.98. The Balaban J connectivity index is 2.13. The second kappa shape index (κ2) is 6.39. The van der Waals surface area contributed by atoms with Crippen molar-refractivity contribution in [1.82, 2.24) is 9.97 Å². The van der Waals surface area contributed by atoms with E-state index in [1.165, 1.54) is 0 Å². The van der Waals surface area contributed by atoms with E-state index in [0.29, 0.717) is 0 Å². The topological polar surface area (TPSA) is 61.3 Å². The predicted octanol–water partition coefficient (Wildman–Crippen LogP) is 2.35. The molecule has 1 atom stereocenters. The zero-order valence-corrected chi connectivity index (χ0v) is 12.8. The average molecular weight is 278 g/mol. The van der Waals surface area contributed by atoms with Crippen molar-refractivity contribution in [2.45, 2.75) is 52.1 Å². The van der Waals surface area contributed by atoms with E-state index in [2.05, 4.69) is 27.1 Å². The van der Waals surface area contributed by atoms with E-state index in [4.69, 9.17) is 0 Å². The predicted molar refractivity (Wildman–Crippen MR) is 82.2 cm³/mol. The number of aliphatic hydroxyl groups is 1. The summed E-state index contributed by atoms with van der Waals surface area (Å²) < 4.78 is 0. The molecule has 20 heavy (non-hydrogen) atoms. The lowest BCUT2D eigenvalue weighted by molar-refractivity contribution is 0.0481. The summed E-state index contributed by atoms with van der Waals surface area (Å²) in [7, 11) is 0. The third-order valence-corrected chi connectivity index (χ3v) is 3.77. The van der Waals surface area contributed by atoms with E-state index in [0.717, 1.165) is 62.8 Å². The maximum Gasteiger partial charge on any atom is 0.134 e. The van der Waals surface area contributed by atoms with Gasteiger partial charge in [-0.15, -0.1) is 0 Å². The van der Waals surface area contributed by atoms with Gasteiger partial charge in [-0.1, -0.05) is 6.92 Å². The molecule has 1 saturated heterocycles. The minimum Gasteiger partial charge on any atom is -0.390 e. The highest BCUT2D eigenvalue weighted by Crippen LogP contribution is 2.25. The lowest BCUT2D eigenvalue weighted by Gasteiger charge is -2.24. The van der Waals surface area contributed by atoms with Gasteiger partial charge in [0.15, 0.2) is 0 Å². The molecule has 1 aromatic rings. The molecule has 1 aliphatic heterocycles. The van der Waals surface area contributed by atoms with Gasteiger partial charge in [0.05, 0.1) is 5.60 Å². The molecule has 2 N–H and O–H groups in total. The van der Waals surface area contributed by atoms with E-state index < -0.39 is 5.60 Å². The second-order valence-electron chi connectivity index (χ2n) is 5.92. The zero-order valence-electron chi connectivity index (χ0n) is 12.8. The fourth-order valence-corrected chi connectivity index (χ4v) is 2.55. The Labute approximate surface area is 121 Å². The Morgan fingerprint density at radius 1 is 1.35 bits per heavy atom. The molecule has 1 aromatic heterocycles. The van der Waals surface area contributed by atoms with Crippen molar-refractivity contribution in [2.75, 3.05) is 29.9 Å². The van der Waals surface area contributed by atoms with Crippen molar-refractivity contribution in [3.63, 3.8) is 0 Å². The SMILES string of the molecule is CCCNc1cc(N2CCCC(C)(O)CC2)nc(C)n1. The molecule has 0 aromatic carbocycles. The van der Waals surface area contributed by atoms with Gasteiger partial charge in [-0.05, 0) is 39.5 Å². The maximum absolute atomic E-state index is 10.2. The van der Waals surface area contributed by atoms with Gasteiger partial charge in [0.1, 0.15) is 17.5 Å². The summed E-state index contributed by atoms with van der Waals surface area (Å²) in [5, 5.41) is 13.5. The molecule has 0 radical (unpaired) electrons. The number of aryl methyl sites for hydroxylation is 1. The van der Waals surface area contributed by atoms with E-state index in [9.17, 15) is 5.11 Å². The lowest BCUT2D eigenvalue weighted by Crippen LogP contribution is -2.29. The van der Waals surface area contributed by atoms with Crippen molar-refractivity contribution in [1.29, 1.82) is 0 Å². The van der Waals surface area contributed by atoms with Crippen molar-refractivity contribution >= 4 is 11.6 Å². The fraction of sp³-hybridized carbons (Fsp3) is 0.733. The van der Waals surface area contributed by atoms with Crippen LogP contribution in [0.1, 0.15) is 45.4 Å². The number of rotatable bonds is 4. The molecule has 5 nitrogen and oxygen atoms in total. The fourth-order valence-electron chi connectivity index (χ4n) is 2.55. The third kappa shape index (κ3) is 4.07. The first kappa shape index (κ1) is 15.0. The summed E-state index contributed by atoms with van der Waals surface area (Å²) in [4.78, 5) is 11.2. The van der Waals surface area contributed by atoms with Gasteiger partial charge in [-0.25, -0.2) is 9.97 Å². The molecule has 0 saturated carbocycles. The van der Waals surface area contributed by atoms with Crippen molar-refractivity contribution in [3.8, 4) is 0 Å². The first-order valence-electron chi connectivity index (χ1n) is 7.57. The highest BCUT2D eigenvalue weighted by atomic mass is 16.3. The Morgan fingerprint density at radius 2 is 2.15 bits per heavy atom. The van der Waals surface area contributed by atoms with E-state index in [-0.39, 0.29) is 0 Å².